The molecule has 3 N–H and O–H groups in total. The molecule has 0 aliphatic carbocycles. The van der Waals surface area contributed by atoms with Crippen molar-refractivity contribution in [3.8, 4) is 0 Å². The van der Waals surface area contributed by atoms with Gasteiger partial charge in [0.1, 0.15) is 6.10 Å². The number of allylic oxidation sites excluding steroid dienone is 10. The molecule has 0 bridgehead atoms. The molecule has 1 amide bonds. The van der Waals surface area contributed by atoms with E-state index < -0.39 is 18.2 Å². The lowest BCUT2D eigenvalue weighted by molar-refractivity contribution is -0.151. The molecule has 0 aliphatic heterocycles. The molecule has 63 heavy (non-hydrogen) atoms. The minimum Gasteiger partial charge on any atom is -0.462 e. The number of aliphatic hydroxyl groups is 2. The minimum absolute atomic E-state index is 0.0430. The van der Waals surface area contributed by atoms with Crippen molar-refractivity contribution >= 4 is 11.9 Å². The fourth-order valence-electron chi connectivity index (χ4n) is 8.07. The van der Waals surface area contributed by atoms with Crippen LogP contribution in [0.5, 0.6) is 0 Å². The van der Waals surface area contributed by atoms with Crippen molar-refractivity contribution in [3.63, 3.8) is 0 Å². The molecule has 0 heterocycles. The van der Waals surface area contributed by atoms with E-state index in [4.69, 9.17) is 4.74 Å². The van der Waals surface area contributed by atoms with Gasteiger partial charge in [-0.1, -0.05) is 242 Å². The highest BCUT2D eigenvalue weighted by Gasteiger charge is 2.24. The Kier molecular flexibility index (Phi) is 48.6. The van der Waals surface area contributed by atoms with Crippen LogP contribution in [-0.2, 0) is 14.3 Å². The van der Waals surface area contributed by atoms with E-state index in [0.29, 0.717) is 19.3 Å². The molecule has 6 heteroatoms. The van der Waals surface area contributed by atoms with Crippen LogP contribution in [0.1, 0.15) is 265 Å². The first-order valence-electron chi connectivity index (χ1n) is 27.1. The second kappa shape index (κ2) is 50.6. The molecule has 0 saturated heterocycles. The molecule has 0 saturated carbocycles. The maximum Gasteiger partial charge on any atom is 0.306 e. The third kappa shape index (κ3) is 45.9. The smallest absolute Gasteiger partial charge is 0.306 e. The topological polar surface area (TPSA) is 95.9 Å². The lowest BCUT2D eigenvalue weighted by Gasteiger charge is -2.24. The van der Waals surface area contributed by atoms with Crippen LogP contribution in [0.25, 0.3) is 0 Å². The monoisotopic (exact) mass is 882 g/mol. The van der Waals surface area contributed by atoms with Crippen molar-refractivity contribution in [2.45, 2.75) is 283 Å². The number of hydrogen-bond donors (Lipinski definition) is 3. The van der Waals surface area contributed by atoms with Crippen LogP contribution in [0.4, 0.5) is 0 Å². The zero-order valence-electron chi connectivity index (χ0n) is 41.7. The summed E-state index contributed by atoms with van der Waals surface area (Å²) in [6.45, 7) is 6.34. The highest BCUT2D eigenvalue weighted by Crippen LogP contribution is 2.18. The summed E-state index contributed by atoms with van der Waals surface area (Å²) in [7, 11) is 0. The van der Waals surface area contributed by atoms with Crippen LogP contribution in [0, 0.1) is 0 Å². The van der Waals surface area contributed by atoms with E-state index in [-0.39, 0.29) is 24.9 Å². The third-order valence-corrected chi connectivity index (χ3v) is 12.2. The van der Waals surface area contributed by atoms with E-state index in [1.54, 1.807) is 0 Å². The van der Waals surface area contributed by atoms with Crippen molar-refractivity contribution < 1.29 is 24.5 Å². The Morgan fingerprint density at radius 3 is 1.32 bits per heavy atom. The number of carbonyl (C=O) groups is 2. The van der Waals surface area contributed by atoms with Crippen molar-refractivity contribution in [3.05, 3.63) is 60.8 Å². The molecule has 0 aromatic rings. The van der Waals surface area contributed by atoms with Crippen LogP contribution in [0.3, 0.4) is 0 Å². The zero-order chi connectivity index (χ0) is 45.9. The highest BCUT2D eigenvalue weighted by atomic mass is 16.5. The van der Waals surface area contributed by atoms with Gasteiger partial charge < -0.3 is 20.3 Å². The van der Waals surface area contributed by atoms with Gasteiger partial charge in [-0.15, -0.1) is 0 Å². The Labute approximate surface area is 390 Å². The summed E-state index contributed by atoms with van der Waals surface area (Å²) in [5.74, 6) is -0.538. The van der Waals surface area contributed by atoms with Crippen molar-refractivity contribution in [2.75, 3.05) is 6.61 Å². The van der Waals surface area contributed by atoms with Gasteiger partial charge in [0.15, 0.2) is 0 Å². The Morgan fingerprint density at radius 2 is 0.857 bits per heavy atom. The highest BCUT2D eigenvalue weighted by molar-refractivity contribution is 5.77. The molecule has 6 nitrogen and oxygen atoms in total. The number of amides is 1. The minimum atomic E-state index is -0.803. The van der Waals surface area contributed by atoms with Crippen molar-refractivity contribution in [1.29, 1.82) is 0 Å². The van der Waals surface area contributed by atoms with Gasteiger partial charge in [-0.3, -0.25) is 9.59 Å². The normalized spacial score (nSPS) is 13.7. The molecular formula is C57H103NO5. The van der Waals surface area contributed by atoms with E-state index in [0.717, 1.165) is 83.5 Å². The average molecular weight is 882 g/mol. The fourth-order valence-corrected chi connectivity index (χ4v) is 8.07. The van der Waals surface area contributed by atoms with Crippen molar-refractivity contribution in [1.82, 2.24) is 5.32 Å². The molecule has 366 valence electrons. The summed E-state index contributed by atoms with van der Waals surface area (Å²) >= 11 is 0. The Morgan fingerprint density at radius 1 is 0.476 bits per heavy atom. The summed E-state index contributed by atoms with van der Waals surface area (Å²) in [5, 5.41) is 23.8. The SMILES string of the molecule is CC/C=C/C=C/C=C\CCCCCC(CC(=O)NC(CO)C(O)CCCCCCCCCCCCCCCCCCC)OC(=O)CCCCC/C=C/C=C/CCCCCCCCC. The van der Waals surface area contributed by atoms with Crippen LogP contribution in [0.15, 0.2) is 60.8 Å². The Hall–Kier alpha value is -2.44. The first-order chi connectivity index (χ1) is 31.0. The molecule has 0 aromatic carbocycles. The number of esters is 1. The maximum atomic E-state index is 13.2. The molecule has 0 rings (SSSR count). The third-order valence-electron chi connectivity index (χ3n) is 12.2. The lowest BCUT2D eigenvalue weighted by atomic mass is 10.0. The van der Waals surface area contributed by atoms with Gasteiger partial charge in [-0.05, 0) is 70.6 Å². The summed E-state index contributed by atoms with van der Waals surface area (Å²) < 4.78 is 5.90. The van der Waals surface area contributed by atoms with Gasteiger partial charge in [0, 0.05) is 6.42 Å². The summed E-state index contributed by atoms with van der Waals surface area (Å²) in [6, 6.07) is -0.720. The van der Waals surface area contributed by atoms with Gasteiger partial charge in [-0.2, -0.15) is 0 Å². The lowest BCUT2D eigenvalue weighted by Crippen LogP contribution is -2.46. The molecular weight excluding hydrogens is 779 g/mol. The number of aliphatic hydroxyl groups excluding tert-OH is 2. The average Bonchev–Trinajstić information content (AvgIpc) is 3.28. The fraction of sp³-hybridized carbons (Fsp3) is 0.789. The summed E-state index contributed by atoms with van der Waals surface area (Å²) in [5.41, 5.74) is 0. The second-order valence-electron chi connectivity index (χ2n) is 18.3. The molecule has 0 spiro atoms. The van der Waals surface area contributed by atoms with E-state index in [1.165, 1.54) is 135 Å². The van der Waals surface area contributed by atoms with Crippen LogP contribution >= 0.6 is 0 Å². The Balaban J connectivity index is 4.54. The van der Waals surface area contributed by atoms with Gasteiger partial charge in [-0.25, -0.2) is 0 Å². The molecule has 0 radical (unpaired) electrons. The molecule has 0 fully saturated rings. The van der Waals surface area contributed by atoms with Crippen molar-refractivity contribution in [2.24, 2.45) is 0 Å². The first kappa shape index (κ1) is 60.6. The van der Waals surface area contributed by atoms with Crippen LogP contribution < -0.4 is 5.32 Å². The number of unbranched alkanes of at least 4 members (excludes halogenated alkanes) is 29. The van der Waals surface area contributed by atoms with E-state index >= 15 is 0 Å². The summed E-state index contributed by atoms with van der Waals surface area (Å²) in [4.78, 5) is 26.1. The number of hydrogen-bond acceptors (Lipinski definition) is 5. The largest absolute Gasteiger partial charge is 0.462 e. The molecule has 0 aliphatic rings. The van der Waals surface area contributed by atoms with Crippen LogP contribution in [0.2, 0.25) is 0 Å². The van der Waals surface area contributed by atoms with Crippen LogP contribution in [-0.4, -0.2) is 46.9 Å². The summed E-state index contributed by atoms with van der Waals surface area (Å²) in [6.07, 6.45) is 62.9. The standard InChI is InChI=1S/C57H103NO5/c1-4-7-10-13-16-19-22-24-26-28-29-31-34-37-40-43-46-49-55(60)54(52-59)58-56(61)51-53(48-45-42-39-36-33-21-18-15-12-9-6-3)63-57(62)50-47-44-41-38-35-32-30-27-25-23-20-17-14-11-8-5-2/h9,12,15,18,21,27,30,32-33,35,53-55,59-60H,4-8,10-11,13-14,16-17,19-20,22-26,28-29,31,34,36-52H2,1-3H3,(H,58,61)/b12-9+,18-15+,30-27+,33-21-,35-32+. The molecule has 0 aromatic heterocycles. The van der Waals surface area contributed by atoms with Gasteiger partial charge in [0.2, 0.25) is 5.91 Å². The van der Waals surface area contributed by atoms with E-state index in [1.807, 2.05) is 12.2 Å². The number of carbonyl (C=O) groups excluding carboxylic acids is 2. The zero-order valence-corrected chi connectivity index (χ0v) is 41.7. The number of rotatable bonds is 48. The predicted molar refractivity (Wildman–Crippen MR) is 273 cm³/mol. The predicted octanol–water partition coefficient (Wildman–Crippen LogP) is 16.4. The maximum absolute atomic E-state index is 13.2. The Bertz CT molecular complexity index is 1130. The molecule has 3 unspecified atom stereocenters. The van der Waals surface area contributed by atoms with Gasteiger partial charge in [0.05, 0.1) is 25.2 Å². The number of ether oxygens (including phenoxy) is 1. The second-order valence-corrected chi connectivity index (χ2v) is 18.3. The van der Waals surface area contributed by atoms with E-state index in [9.17, 15) is 19.8 Å². The first-order valence-corrected chi connectivity index (χ1v) is 27.1. The molecule has 3 atom stereocenters. The quantitative estimate of drug-likeness (QED) is 0.0321. The van der Waals surface area contributed by atoms with Gasteiger partial charge >= 0.3 is 5.97 Å². The number of nitrogens with one attached hydrogen (secondary N) is 1. The van der Waals surface area contributed by atoms with Gasteiger partial charge in [0.25, 0.3) is 0 Å². The van der Waals surface area contributed by atoms with E-state index in [2.05, 4.69) is 74.7 Å².